The van der Waals surface area contributed by atoms with Crippen LogP contribution in [0.3, 0.4) is 0 Å². The van der Waals surface area contributed by atoms with Crippen molar-refractivity contribution in [1.82, 2.24) is 4.90 Å². The minimum Gasteiger partial charge on any atom is -0.377 e. The number of aryl methyl sites for hydroxylation is 2. The molecule has 0 atom stereocenters. The number of nitrogens with zero attached hydrogens (tertiary/aromatic N) is 2. The van der Waals surface area contributed by atoms with E-state index in [1.165, 1.54) is 11.6 Å². The summed E-state index contributed by atoms with van der Waals surface area (Å²) in [5, 5.41) is 14.5. The minimum atomic E-state index is -0.439. The number of nitro benzene ring substituents is 1. The van der Waals surface area contributed by atoms with E-state index in [9.17, 15) is 14.9 Å². The van der Waals surface area contributed by atoms with Gasteiger partial charge in [-0.05, 0) is 49.9 Å². The Bertz CT molecular complexity index is 859. The Kier molecular flexibility index (Phi) is 4.93. The van der Waals surface area contributed by atoms with Crippen LogP contribution < -0.4 is 5.32 Å². The molecule has 0 bridgehead atoms. The van der Waals surface area contributed by atoms with E-state index in [4.69, 9.17) is 0 Å². The average molecular weight is 353 g/mol. The summed E-state index contributed by atoms with van der Waals surface area (Å²) in [7, 11) is 1.71. The molecule has 0 spiro atoms. The molecule has 1 aliphatic carbocycles. The second-order valence-corrected chi connectivity index (χ2v) is 7.00. The topological polar surface area (TPSA) is 75.5 Å². The number of nitrogens with one attached hydrogen (secondary N) is 1. The highest BCUT2D eigenvalue weighted by Crippen LogP contribution is 2.31. The molecule has 6 heteroatoms. The standard InChI is InChI=1S/C20H23N3O3/c1-13-4-5-16(14(2)10-13)12-22(3)20(24)15-6-9-18(21-17-7-8-17)19(11-15)23(25)26/h4-6,9-11,17,21H,7-8,12H2,1-3H3. The molecule has 136 valence electrons. The Hall–Kier alpha value is -2.89. The fourth-order valence-corrected chi connectivity index (χ4v) is 2.96. The highest BCUT2D eigenvalue weighted by atomic mass is 16.6. The Morgan fingerprint density at radius 3 is 2.58 bits per heavy atom. The molecule has 1 amide bonds. The molecule has 6 nitrogen and oxygen atoms in total. The molecule has 26 heavy (non-hydrogen) atoms. The molecule has 0 unspecified atom stereocenters. The molecule has 1 fully saturated rings. The van der Waals surface area contributed by atoms with Crippen molar-refractivity contribution >= 4 is 17.3 Å². The third kappa shape index (κ3) is 4.02. The van der Waals surface area contributed by atoms with E-state index in [1.807, 2.05) is 26.0 Å². The summed E-state index contributed by atoms with van der Waals surface area (Å²) in [4.78, 5) is 25.3. The molecule has 2 aromatic rings. The van der Waals surface area contributed by atoms with E-state index in [2.05, 4.69) is 11.4 Å². The van der Waals surface area contributed by atoms with E-state index >= 15 is 0 Å². The van der Waals surface area contributed by atoms with Gasteiger partial charge in [-0.15, -0.1) is 0 Å². The van der Waals surface area contributed by atoms with Crippen molar-refractivity contribution in [1.29, 1.82) is 0 Å². The zero-order valence-electron chi connectivity index (χ0n) is 15.3. The summed E-state index contributed by atoms with van der Waals surface area (Å²) in [6.45, 7) is 4.51. The number of hydrogen-bond acceptors (Lipinski definition) is 4. The van der Waals surface area contributed by atoms with Crippen LogP contribution in [0.4, 0.5) is 11.4 Å². The molecule has 0 aromatic heterocycles. The van der Waals surface area contributed by atoms with Gasteiger partial charge in [-0.1, -0.05) is 23.8 Å². The zero-order valence-corrected chi connectivity index (χ0v) is 15.3. The smallest absolute Gasteiger partial charge is 0.293 e. The van der Waals surface area contributed by atoms with Crippen LogP contribution in [-0.4, -0.2) is 28.8 Å². The highest BCUT2D eigenvalue weighted by molar-refractivity contribution is 5.95. The first kappa shape index (κ1) is 17.9. The van der Waals surface area contributed by atoms with Gasteiger partial charge >= 0.3 is 0 Å². The van der Waals surface area contributed by atoms with Crippen LogP contribution in [0.5, 0.6) is 0 Å². The molecule has 0 saturated heterocycles. The van der Waals surface area contributed by atoms with Gasteiger partial charge in [-0.3, -0.25) is 14.9 Å². The molecule has 1 saturated carbocycles. The lowest BCUT2D eigenvalue weighted by atomic mass is 10.0. The van der Waals surface area contributed by atoms with Crippen molar-refractivity contribution < 1.29 is 9.72 Å². The number of carbonyl (C=O) groups is 1. The lowest BCUT2D eigenvalue weighted by molar-refractivity contribution is -0.384. The maximum absolute atomic E-state index is 12.7. The third-order valence-electron chi connectivity index (χ3n) is 4.63. The van der Waals surface area contributed by atoms with Crippen LogP contribution in [0.25, 0.3) is 0 Å². The first-order valence-corrected chi connectivity index (χ1v) is 8.71. The maximum atomic E-state index is 12.7. The molecule has 3 rings (SSSR count). The Morgan fingerprint density at radius 1 is 1.23 bits per heavy atom. The normalized spacial score (nSPS) is 13.3. The molecule has 1 aliphatic rings. The van der Waals surface area contributed by atoms with Gasteiger partial charge in [0.15, 0.2) is 0 Å². The van der Waals surface area contributed by atoms with Crippen molar-refractivity contribution in [2.45, 2.75) is 39.3 Å². The van der Waals surface area contributed by atoms with Crippen LogP contribution in [0.1, 0.15) is 39.9 Å². The number of amides is 1. The maximum Gasteiger partial charge on any atom is 0.293 e. The quantitative estimate of drug-likeness (QED) is 0.628. The van der Waals surface area contributed by atoms with Gasteiger partial charge in [0.25, 0.3) is 11.6 Å². The lowest BCUT2D eigenvalue weighted by Gasteiger charge is -2.19. The Balaban J connectivity index is 1.79. The number of carbonyl (C=O) groups excluding carboxylic acids is 1. The van der Waals surface area contributed by atoms with Crippen LogP contribution in [0.15, 0.2) is 36.4 Å². The van der Waals surface area contributed by atoms with E-state index in [0.29, 0.717) is 23.8 Å². The van der Waals surface area contributed by atoms with Gasteiger partial charge in [0.05, 0.1) is 4.92 Å². The van der Waals surface area contributed by atoms with Crippen LogP contribution >= 0.6 is 0 Å². The predicted molar refractivity (Wildman–Crippen MR) is 101 cm³/mol. The van der Waals surface area contributed by atoms with Crippen molar-refractivity contribution in [2.24, 2.45) is 0 Å². The summed E-state index contributed by atoms with van der Waals surface area (Å²) in [6.07, 6.45) is 2.05. The number of benzene rings is 2. The van der Waals surface area contributed by atoms with Gasteiger partial charge in [-0.2, -0.15) is 0 Å². The van der Waals surface area contributed by atoms with Gasteiger partial charge < -0.3 is 10.2 Å². The number of anilines is 1. The first-order valence-electron chi connectivity index (χ1n) is 8.71. The second-order valence-electron chi connectivity index (χ2n) is 7.00. The van der Waals surface area contributed by atoms with Gasteiger partial charge in [0.1, 0.15) is 5.69 Å². The fraction of sp³-hybridized carbons (Fsp3) is 0.350. The molecular formula is C20H23N3O3. The number of hydrogen-bond donors (Lipinski definition) is 1. The van der Waals surface area contributed by atoms with Crippen molar-refractivity contribution in [2.75, 3.05) is 12.4 Å². The van der Waals surface area contributed by atoms with Crippen molar-refractivity contribution in [3.63, 3.8) is 0 Å². The highest BCUT2D eigenvalue weighted by Gasteiger charge is 2.26. The number of rotatable bonds is 6. The van der Waals surface area contributed by atoms with E-state index < -0.39 is 4.92 Å². The van der Waals surface area contributed by atoms with Gasteiger partial charge in [0.2, 0.25) is 0 Å². The van der Waals surface area contributed by atoms with Crippen molar-refractivity contribution in [3.05, 3.63) is 68.8 Å². The SMILES string of the molecule is Cc1ccc(CN(C)C(=O)c2ccc(NC3CC3)c([N+](=O)[O-])c2)c(C)c1. The van der Waals surface area contributed by atoms with Gasteiger partial charge in [0, 0.05) is 31.3 Å². The van der Waals surface area contributed by atoms with Crippen LogP contribution in [0.2, 0.25) is 0 Å². The van der Waals surface area contributed by atoms with E-state index in [0.717, 1.165) is 24.0 Å². The summed E-state index contributed by atoms with van der Waals surface area (Å²) in [5.41, 5.74) is 4.11. The zero-order chi connectivity index (χ0) is 18.8. The lowest BCUT2D eigenvalue weighted by Crippen LogP contribution is -2.26. The summed E-state index contributed by atoms with van der Waals surface area (Å²) >= 11 is 0. The number of nitro groups is 1. The molecular weight excluding hydrogens is 330 g/mol. The largest absolute Gasteiger partial charge is 0.377 e. The predicted octanol–water partition coefficient (Wildman–Crippen LogP) is 4.06. The summed E-state index contributed by atoms with van der Waals surface area (Å²) in [6, 6.07) is 11.1. The monoisotopic (exact) mass is 353 g/mol. The van der Waals surface area contributed by atoms with E-state index in [-0.39, 0.29) is 11.6 Å². The molecule has 0 aliphatic heterocycles. The molecule has 2 aromatic carbocycles. The van der Waals surface area contributed by atoms with Crippen molar-refractivity contribution in [3.8, 4) is 0 Å². The van der Waals surface area contributed by atoms with Crippen LogP contribution in [0, 0.1) is 24.0 Å². The minimum absolute atomic E-state index is 0.0531. The second kappa shape index (κ2) is 7.15. The summed E-state index contributed by atoms with van der Waals surface area (Å²) in [5.74, 6) is -0.231. The van der Waals surface area contributed by atoms with Gasteiger partial charge in [-0.25, -0.2) is 0 Å². The fourth-order valence-electron chi connectivity index (χ4n) is 2.96. The van der Waals surface area contributed by atoms with E-state index in [1.54, 1.807) is 24.1 Å². The molecule has 0 radical (unpaired) electrons. The first-order chi connectivity index (χ1) is 12.3. The summed E-state index contributed by atoms with van der Waals surface area (Å²) < 4.78 is 0. The molecule has 0 heterocycles. The average Bonchev–Trinajstić information content (AvgIpc) is 3.41. The third-order valence-corrected chi connectivity index (χ3v) is 4.63. The molecule has 1 N–H and O–H groups in total. The Morgan fingerprint density at radius 2 is 1.96 bits per heavy atom. The Labute approximate surface area is 153 Å². The van der Waals surface area contributed by atoms with Crippen LogP contribution in [-0.2, 0) is 6.54 Å².